The van der Waals surface area contributed by atoms with E-state index in [4.69, 9.17) is 36.1 Å². The summed E-state index contributed by atoms with van der Waals surface area (Å²) in [5, 5.41) is 115. The van der Waals surface area contributed by atoms with Crippen molar-refractivity contribution in [2.75, 3.05) is 39.3 Å². The zero-order valence-corrected chi connectivity index (χ0v) is 44.9. The summed E-state index contributed by atoms with van der Waals surface area (Å²) in [6.45, 7) is 8.66. The number of nitrogens with two attached hydrogens (primary N) is 3. The molecule has 21 nitrogen and oxygen atoms in total. The van der Waals surface area contributed by atoms with E-state index >= 15 is 0 Å². The molecule has 0 radical (unpaired) electrons. The Morgan fingerprint density at radius 1 is 0.671 bits per heavy atom. The lowest BCUT2D eigenvalue weighted by atomic mass is 9.82. The quantitative estimate of drug-likeness (QED) is 0.112. The van der Waals surface area contributed by atoms with Crippen LogP contribution in [0.5, 0.6) is 0 Å². The number of hydrogen-bond donors (Lipinski definition) is 14. The first kappa shape index (κ1) is 66.7. The van der Waals surface area contributed by atoms with Crippen LogP contribution >= 0.6 is 0 Å². The minimum Gasteiger partial charge on any atom is -0.462 e. The third-order valence-corrected chi connectivity index (χ3v) is 14.1. The molecule has 3 heterocycles. The molecule has 76 heavy (non-hydrogen) atoms. The molecule has 21 heteroatoms. The van der Waals surface area contributed by atoms with Gasteiger partial charge in [-0.05, 0) is 72.1 Å². The van der Waals surface area contributed by atoms with Crippen LogP contribution in [-0.2, 0) is 28.5 Å². The van der Waals surface area contributed by atoms with Crippen LogP contribution < -0.4 is 22.5 Å². The van der Waals surface area contributed by atoms with E-state index in [0.717, 1.165) is 0 Å². The van der Waals surface area contributed by atoms with E-state index in [1.807, 2.05) is 54.4 Å². The summed E-state index contributed by atoms with van der Waals surface area (Å²) in [4.78, 5) is 28.4. The molecule has 0 unspecified atom stereocenters. The molecular weight excluding hydrogens is 987 g/mol. The summed E-state index contributed by atoms with van der Waals surface area (Å²) in [5.41, 5.74) is 17.4. The first-order chi connectivity index (χ1) is 36.1. The van der Waals surface area contributed by atoms with Crippen LogP contribution in [0.25, 0.3) is 0 Å². The summed E-state index contributed by atoms with van der Waals surface area (Å²) in [6.07, 6.45) is 6.01. The number of nitrogens with zero attached hydrogens (tertiary/aromatic N) is 1. The lowest BCUT2D eigenvalue weighted by Gasteiger charge is -2.48. The number of aliphatic hydroxyl groups excluding tert-OH is 9. The van der Waals surface area contributed by atoms with E-state index in [1.54, 1.807) is 63.3 Å². The number of carbonyl (C=O) groups excluding carboxylic acids is 2. The number of carbonyl (C=O) groups is 2. The van der Waals surface area contributed by atoms with Crippen molar-refractivity contribution in [3.05, 3.63) is 85.1 Å². The van der Waals surface area contributed by atoms with Crippen molar-refractivity contribution in [1.82, 2.24) is 10.2 Å². The molecule has 0 spiro atoms. The van der Waals surface area contributed by atoms with Gasteiger partial charge in [-0.15, -0.1) is 0 Å². The Labute approximate surface area is 449 Å². The van der Waals surface area contributed by atoms with Crippen molar-refractivity contribution in [2.45, 2.75) is 189 Å². The Morgan fingerprint density at radius 2 is 1.25 bits per heavy atom. The lowest BCUT2D eigenvalue weighted by Crippen LogP contribution is -2.64. The van der Waals surface area contributed by atoms with E-state index in [2.05, 4.69) is 5.32 Å². The number of ether oxygens (including phenoxy) is 4. The number of hydrogen-bond acceptors (Lipinski definition) is 20. The normalized spacial score (nSPS) is 37.7. The number of nitrogens with one attached hydrogen (secondary N) is 1. The SMILES string of the molecule is C[C@@H]1[C@H](O)[C@@H](C)C=CC=CC=CC=CC=CC=CC=C[C@H](O[C@@H]2O[C@H](C)[C@@H](O)[C@H](N(CCCN)CCCN)[C@@H]2O)C[C@@H]2O[C@](O)(C[C@@H](O)C[C@@H](O)[C@H](O)CC[C@@H](O)C[C@@H](O)CC(=O)O[C@H]1C)C[C@H](O)[C@H]2C(=O)NCCN. The summed E-state index contributed by atoms with van der Waals surface area (Å²) in [6, 6.07) is -0.851. The Balaban J connectivity index is 2.00. The molecule has 19 atom stereocenters. The second-order valence-corrected chi connectivity index (χ2v) is 20.5. The molecule has 3 rings (SSSR count). The van der Waals surface area contributed by atoms with E-state index in [1.165, 1.54) is 0 Å². The van der Waals surface area contributed by atoms with Gasteiger partial charge >= 0.3 is 5.97 Å². The molecule has 434 valence electrons. The molecule has 3 aliphatic heterocycles. The molecule has 0 aromatic rings. The molecule has 2 fully saturated rings. The molecule has 0 aliphatic carbocycles. The predicted octanol–water partition coefficient (Wildman–Crippen LogP) is -0.257. The first-order valence-electron chi connectivity index (χ1n) is 27.0. The van der Waals surface area contributed by atoms with Crippen LogP contribution in [0.3, 0.4) is 0 Å². The molecule has 0 aromatic heterocycles. The highest BCUT2D eigenvalue weighted by molar-refractivity contribution is 5.80. The standard InChI is InChI=1S/C55H93N5O16/c1-35-19-15-13-11-9-7-5-6-8-10-12-14-16-20-42(75-54-52(70)49(51(69)38(4)74-54)60(27-17-23-56)28-18-24-57)32-46-48(53(71)59-26-25-58)45(66)34-55(72,76-46)33-41(63)30-44(65)43(64)22-21-39(61)29-40(62)31-47(67)73-37(3)36(2)50(35)68/h5-16,19-20,35-46,48-52,54,61-66,68-70,72H,17-18,21-34,56-58H2,1-4H3,(H,59,71)/t35-,36-,37-,38+,39+,40+,41-,42-,43+,44+,45-,46-,48+,49-,50+,51+,52-,54-,55+/m0/s1. The third-order valence-electron chi connectivity index (χ3n) is 14.1. The van der Waals surface area contributed by atoms with Crippen molar-refractivity contribution >= 4 is 11.9 Å². The fraction of sp³-hybridized carbons (Fsp3) is 0.709. The smallest absolute Gasteiger partial charge is 0.308 e. The monoisotopic (exact) mass is 1080 g/mol. The predicted molar refractivity (Wildman–Crippen MR) is 286 cm³/mol. The van der Waals surface area contributed by atoms with Gasteiger partial charge in [0, 0.05) is 50.6 Å². The maximum absolute atomic E-state index is 13.7. The largest absolute Gasteiger partial charge is 0.462 e. The fourth-order valence-electron chi connectivity index (χ4n) is 9.68. The minimum atomic E-state index is -2.29. The number of fused-ring (bicyclic) bond motifs is 2. The molecule has 2 bridgehead atoms. The van der Waals surface area contributed by atoms with Crippen molar-refractivity contribution < 1.29 is 79.6 Å². The Kier molecular flexibility index (Phi) is 30.8. The first-order valence-corrected chi connectivity index (χ1v) is 27.0. The molecule has 0 aromatic carbocycles. The number of rotatable bonds is 12. The Morgan fingerprint density at radius 3 is 1.83 bits per heavy atom. The van der Waals surface area contributed by atoms with Gasteiger partial charge in [0.25, 0.3) is 0 Å². The Bertz CT molecular complexity index is 1880. The van der Waals surface area contributed by atoms with Gasteiger partial charge < -0.3 is 92.5 Å². The van der Waals surface area contributed by atoms with Crippen LogP contribution in [0.4, 0.5) is 0 Å². The fourth-order valence-corrected chi connectivity index (χ4v) is 9.68. The third kappa shape index (κ3) is 23.0. The van der Waals surface area contributed by atoms with E-state index in [-0.39, 0.29) is 44.7 Å². The number of allylic oxidation sites excluding steroid dienone is 12. The van der Waals surface area contributed by atoms with E-state index < -0.39 is 147 Å². The van der Waals surface area contributed by atoms with Crippen LogP contribution in [0.1, 0.15) is 91.9 Å². The average molecular weight is 1080 g/mol. The van der Waals surface area contributed by atoms with Crippen molar-refractivity contribution in [2.24, 2.45) is 35.0 Å². The maximum atomic E-state index is 13.7. The number of aliphatic hydroxyl groups is 10. The van der Waals surface area contributed by atoms with Crippen LogP contribution in [0, 0.1) is 17.8 Å². The van der Waals surface area contributed by atoms with E-state index in [9.17, 15) is 60.7 Å². The van der Waals surface area contributed by atoms with Gasteiger partial charge in [0.1, 0.15) is 12.2 Å². The van der Waals surface area contributed by atoms with Gasteiger partial charge in [-0.25, -0.2) is 0 Å². The van der Waals surface area contributed by atoms with Crippen LogP contribution in [-0.4, -0.2) is 205 Å². The highest BCUT2D eigenvalue weighted by Crippen LogP contribution is 2.38. The maximum Gasteiger partial charge on any atom is 0.308 e. The molecule has 1 amide bonds. The van der Waals surface area contributed by atoms with Crippen LogP contribution in [0.15, 0.2) is 85.1 Å². The molecule has 0 saturated carbocycles. The minimum absolute atomic E-state index is 0.0571. The summed E-state index contributed by atoms with van der Waals surface area (Å²) in [5.74, 6) is -5.70. The molecular formula is C55H93N5O16. The van der Waals surface area contributed by atoms with Crippen molar-refractivity contribution in [3.8, 4) is 0 Å². The topological polar surface area (TPSA) is 367 Å². The second kappa shape index (κ2) is 35.1. The zero-order valence-electron chi connectivity index (χ0n) is 44.9. The van der Waals surface area contributed by atoms with E-state index in [0.29, 0.717) is 39.0 Å². The highest BCUT2D eigenvalue weighted by atomic mass is 16.7. The number of amides is 1. The van der Waals surface area contributed by atoms with Crippen molar-refractivity contribution in [1.29, 1.82) is 0 Å². The van der Waals surface area contributed by atoms with Gasteiger partial charge in [0.05, 0.1) is 85.5 Å². The highest BCUT2D eigenvalue weighted by Gasteiger charge is 2.51. The molecule has 3 aliphatic rings. The summed E-state index contributed by atoms with van der Waals surface area (Å²) >= 11 is 0. The lowest BCUT2D eigenvalue weighted by molar-refractivity contribution is -0.311. The average Bonchev–Trinajstić information content (AvgIpc) is 3.35. The summed E-state index contributed by atoms with van der Waals surface area (Å²) in [7, 11) is 0. The molecule has 2 saturated heterocycles. The van der Waals surface area contributed by atoms with Crippen molar-refractivity contribution in [3.63, 3.8) is 0 Å². The Hall–Kier alpha value is -3.56. The van der Waals surface area contributed by atoms with Gasteiger partial charge in [-0.2, -0.15) is 0 Å². The van der Waals surface area contributed by atoms with Gasteiger partial charge in [-0.1, -0.05) is 98.9 Å². The molecule has 17 N–H and O–H groups in total. The van der Waals surface area contributed by atoms with Gasteiger partial charge in [0.2, 0.25) is 5.91 Å². The van der Waals surface area contributed by atoms with Gasteiger partial charge in [-0.3, -0.25) is 14.5 Å². The van der Waals surface area contributed by atoms with Crippen LogP contribution in [0.2, 0.25) is 0 Å². The zero-order chi connectivity index (χ0) is 56.4. The summed E-state index contributed by atoms with van der Waals surface area (Å²) < 4.78 is 24.4. The second-order valence-electron chi connectivity index (χ2n) is 20.5. The number of esters is 1. The van der Waals surface area contributed by atoms with Gasteiger partial charge in [0.15, 0.2) is 12.1 Å². The number of cyclic esters (lactones) is 1.